The van der Waals surface area contributed by atoms with E-state index in [1.54, 1.807) is 23.1 Å². The zero-order valence-electron chi connectivity index (χ0n) is 41.2. The maximum Gasteiger partial charge on any atom is 0.407 e. The van der Waals surface area contributed by atoms with Crippen molar-refractivity contribution in [1.29, 1.82) is 0 Å². The van der Waals surface area contributed by atoms with Crippen LogP contribution in [0.1, 0.15) is 150 Å². The molecule has 0 radical (unpaired) electrons. The number of hydrogen-bond donors (Lipinski definition) is 5. The number of carbonyl (C=O) groups excluding carboxylic acids is 5. The summed E-state index contributed by atoms with van der Waals surface area (Å²) >= 11 is 3.18. The van der Waals surface area contributed by atoms with Gasteiger partial charge in [0.05, 0.1) is 22.2 Å². The summed E-state index contributed by atoms with van der Waals surface area (Å²) in [4.78, 5) is 72.4. The van der Waals surface area contributed by atoms with Crippen LogP contribution in [0.3, 0.4) is 0 Å². The van der Waals surface area contributed by atoms with E-state index in [1.807, 2.05) is 92.1 Å². The Labute approximate surface area is 402 Å². The highest BCUT2D eigenvalue weighted by molar-refractivity contribution is 8.00. The number of likely N-dealkylation sites (tertiary alicyclic amines) is 1. The van der Waals surface area contributed by atoms with E-state index < -0.39 is 46.3 Å². The number of aliphatic hydroxyl groups excluding tert-OH is 1. The molecular weight excluding hydrogens is 881 g/mol. The van der Waals surface area contributed by atoms with Gasteiger partial charge in [0.25, 0.3) is 0 Å². The van der Waals surface area contributed by atoms with Gasteiger partial charge in [0.2, 0.25) is 17.7 Å². The molecule has 5 N–H and O–H groups in total. The molecule has 3 rings (SSSR count). The molecule has 0 unspecified atom stereocenters. The molecule has 15 nitrogen and oxygen atoms in total. The van der Waals surface area contributed by atoms with Gasteiger partial charge in [-0.1, -0.05) is 56.4 Å². The molecule has 1 aromatic carbocycles. The van der Waals surface area contributed by atoms with Gasteiger partial charge in [0, 0.05) is 57.0 Å². The van der Waals surface area contributed by atoms with E-state index in [9.17, 15) is 29.1 Å². The van der Waals surface area contributed by atoms with Crippen molar-refractivity contribution in [2.45, 2.75) is 186 Å². The summed E-state index contributed by atoms with van der Waals surface area (Å²) in [7, 11) is 0. The molecule has 372 valence electrons. The van der Waals surface area contributed by atoms with Crippen molar-refractivity contribution in [2.24, 2.45) is 0 Å². The number of aromatic nitrogens is 1. The summed E-state index contributed by atoms with van der Waals surface area (Å²) < 4.78 is 15.6. The molecule has 1 aliphatic rings. The lowest BCUT2D eigenvalue weighted by Gasteiger charge is -2.37. The van der Waals surface area contributed by atoms with Crippen LogP contribution >= 0.6 is 23.1 Å². The van der Waals surface area contributed by atoms with Gasteiger partial charge in [-0.2, -0.15) is 11.8 Å². The summed E-state index contributed by atoms with van der Waals surface area (Å²) in [6.45, 7) is 19.5. The lowest BCUT2D eigenvalue weighted by molar-refractivity contribution is -0.142. The predicted molar refractivity (Wildman–Crippen MR) is 263 cm³/mol. The van der Waals surface area contributed by atoms with Crippen molar-refractivity contribution in [1.82, 2.24) is 31.2 Å². The van der Waals surface area contributed by atoms with Crippen molar-refractivity contribution in [2.75, 3.05) is 38.6 Å². The van der Waals surface area contributed by atoms with Gasteiger partial charge in [-0.3, -0.25) is 14.4 Å². The number of nitrogens with one attached hydrogen (secondary N) is 4. The number of benzene rings is 1. The fraction of sp³-hybridized carbons (Fsp3) is 0.714. The minimum atomic E-state index is -0.937. The van der Waals surface area contributed by atoms with Crippen LogP contribution in [-0.4, -0.2) is 118 Å². The molecule has 1 saturated heterocycles. The van der Waals surface area contributed by atoms with Crippen molar-refractivity contribution in [3.8, 4) is 10.4 Å². The summed E-state index contributed by atoms with van der Waals surface area (Å²) in [6.07, 6.45) is 8.23. The minimum absolute atomic E-state index is 0.00439. The smallest absolute Gasteiger partial charge is 0.407 e. The van der Waals surface area contributed by atoms with Crippen molar-refractivity contribution < 1.29 is 43.3 Å². The number of aliphatic hydroxyl groups is 1. The molecule has 0 aliphatic carbocycles. The number of carbonyl (C=O) groups is 5. The Morgan fingerprint density at radius 1 is 0.788 bits per heavy atom. The van der Waals surface area contributed by atoms with E-state index in [-0.39, 0.29) is 43.7 Å². The van der Waals surface area contributed by atoms with Gasteiger partial charge >= 0.3 is 12.2 Å². The highest BCUT2D eigenvalue weighted by Gasteiger charge is 2.46. The maximum atomic E-state index is 14.6. The number of hydrogen-bond acceptors (Lipinski definition) is 12. The third-order valence-corrected chi connectivity index (χ3v) is 13.3. The molecule has 1 fully saturated rings. The molecule has 5 amide bonds. The van der Waals surface area contributed by atoms with E-state index >= 15 is 0 Å². The first-order valence-corrected chi connectivity index (χ1v) is 25.7. The fourth-order valence-electron chi connectivity index (χ4n) is 7.36. The van der Waals surface area contributed by atoms with Crippen LogP contribution in [-0.2, 0) is 35.1 Å². The van der Waals surface area contributed by atoms with Gasteiger partial charge < -0.3 is 45.5 Å². The molecule has 3 atom stereocenters. The van der Waals surface area contributed by atoms with Crippen LogP contribution in [0.4, 0.5) is 9.59 Å². The number of unbranched alkanes of at least 4 members (excludes halogenated alkanes) is 8. The number of ether oxygens (including phenoxy) is 3. The Bertz CT molecular complexity index is 1790. The first-order valence-electron chi connectivity index (χ1n) is 23.9. The SMILES string of the molecule is Cc1ncsc1-c1ccc(CNC(=O)[C@@H]2C[C@@H](O)CN2C(=O)[C@@H](NC(=O)CCCCCOCCCCCCNC(=O)OC(C)(C)C)C(C)(C)SCCCCCCNC(=O)OC(C)(C)C)cc1. The predicted octanol–water partition coefficient (Wildman–Crippen LogP) is 8.44. The Balaban J connectivity index is 1.50. The van der Waals surface area contributed by atoms with E-state index in [0.29, 0.717) is 32.7 Å². The van der Waals surface area contributed by atoms with Crippen LogP contribution in [0.5, 0.6) is 0 Å². The van der Waals surface area contributed by atoms with Gasteiger partial charge in [0.15, 0.2) is 0 Å². The molecule has 0 spiro atoms. The molecule has 17 heteroatoms. The standard InChI is InChI=1S/C49H80N6O9S2/c1-35-41(65-34-53-35)37-24-22-36(23-25-37)32-52-43(58)39-31-38(56)33-55(39)44(59)42(49(8,9)66-30-20-13-11-17-27-51-46(61)64-48(5,6)7)54-40(57)21-15-14-19-29-62-28-18-12-10-16-26-50-45(60)63-47(2,3)4/h22-25,34,38-39,42,56H,10-21,26-33H2,1-9H3,(H,50,60)(H,51,61)(H,52,58)(H,54,57)/t38-,39+,42-/m1/s1. The Kier molecular flexibility index (Phi) is 24.3. The third kappa shape index (κ3) is 22.2. The summed E-state index contributed by atoms with van der Waals surface area (Å²) in [5.41, 5.74) is 3.68. The Morgan fingerprint density at radius 3 is 1.91 bits per heavy atom. The number of alkyl carbamates (subject to hydrolysis) is 2. The number of rotatable bonds is 28. The van der Waals surface area contributed by atoms with E-state index in [4.69, 9.17) is 14.2 Å². The van der Waals surface area contributed by atoms with Crippen LogP contribution in [0.2, 0.25) is 0 Å². The molecular formula is C49H80N6O9S2. The molecule has 2 heterocycles. The second-order valence-corrected chi connectivity index (χ2v) is 22.2. The van der Waals surface area contributed by atoms with E-state index in [2.05, 4.69) is 26.3 Å². The highest BCUT2D eigenvalue weighted by Crippen LogP contribution is 2.33. The summed E-state index contributed by atoms with van der Waals surface area (Å²) in [5.74, 6) is -0.235. The van der Waals surface area contributed by atoms with Gasteiger partial charge in [-0.05, 0) is 118 Å². The topological polar surface area (TPSA) is 198 Å². The highest BCUT2D eigenvalue weighted by atomic mass is 32.2. The third-order valence-electron chi connectivity index (χ3n) is 10.8. The summed E-state index contributed by atoms with van der Waals surface area (Å²) in [6, 6.07) is 6.10. The molecule has 1 aromatic heterocycles. The normalized spacial score (nSPS) is 15.8. The van der Waals surface area contributed by atoms with E-state index in [0.717, 1.165) is 91.7 Å². The average Bonchev–Trinajstić information content (AvgIpc) is 3.85. The molecule has 1 aliphatic heterocycles. The second kappa shape index (κ2) is 28.4. The Hall–Kier alpha value is -3.93. The van der Waals surface area contributed by atoms with Crippen molar-refractivity contribution in [3.63, 3.8) is 0 Å². The monoisotopic (exact) mass is 961 g/mol. The van der Waals surface area contributed by atoms with Crippen LogP contribution < -0.4 is 21.3 Å². The van der Waals surface area contributed by atoms with E-state index in [1.165, 1.54) is 4.90 Å². The zero-order chi connectivity index (χ0) is 48.8. The number of thioether (sulfide) groups is 1. The number of β-amino-alcohol motifs (C(OH)–C–C–N with tert-alkyl or cyclic N) is 1. The molecule has 2 aromatic rings. The first kappa shape index (κ1) is 56.4. The minimum Gasteiger partial charge on any atom is -0.444 e. The maximum absolute atomic E-state index is 14.6. The number of nitrogens with zero attached hydrogens (tertiary/aromatic N) is 2. The summed E-state index contributed by atoms with van der Waals surface area (Å²) in [5, 5.41) is 22.4. The van der Waals surface area contributed by atoms with Gasteiger partial charge in [-0.15, -0.1) is 11.3 Å². The lowest BCUT2D eigenvalue weighted by atomic mass is 10.00. The zero-order valence-corrected chi connectivity index (χ0v) is 42.8. The van der Waals surface area contributed by atoms with Gasteiger partial charge in [-0.25, -0.2) is 14.6 Å². The second-order valence-electron chi connectivity index (χ2n) is 19.6. The number of aryl methyl sites for hydroxylation is 1. The number of amides is 5. The average molecular weight is 961 g/mol. The first-order chi connectivity index (χ1) is 31.1. The quantitative estimate of drug-likeness (QED) is 0.0514. The van der Waals surface area contributed by atoms with Crippen molar-refractivity contribution >= 4 is 53.0 Å². The largest absolute Gasteiger partial charge is 0.444 e. The lowest BCUT2D eigenvalue weighted by Crippen LogP contribution is -2.59. The van der Waals surface area contributed by atoms with Crippen LogP contribution in [0, 0.1) is 6.92 Å². The fourth-order valence-corrected chi connectivity index (χ4v) is 9.37. The molecule has 0 bridgehead atoms. The van der Waals surface area contributed by atoms with Crippen LogP contribution in [0.25, 0.3) is 10.4 Å². The van der Waals surface area contributed by atoms with Crippen molar-refractivity contribution in [3.05, 3.63) is 41.0 Å². The molecule has 66 heavy (non-hydrogen) atoms. The Morgan fingerprint density at radius 2 is 1.35 bits per heavy atom. The molecule has 0 saturated carbocycles. The number of thiazole rings is 1. The van der Waals surface area contributed by atoms with Crippen LogP contribution in [0.15, 0.2) is 29.8 Å². The van der Waals surface area contributed by atoms with Gasteiger partial charge in [0.1, 0.15) is 23.3 Å².